The van der Waals surface area contributed by atoms with Gasteiger partial charge in [-0.15, -0.1) is 5.10 Å². The number of fused-ring (bicyclic) bond motifs is 1. The number of amides is 1. The van der Waals surface area contributed by atoms with Gasteiger partial charge in [0.15, 0.2) is 11.5 Å². The van der Waals surface area contributed by atoms with E-state index in [0.29, 0.717) is 17.1 Å². The molecule has 0 saturated heterocycles. The van der Waals surface area contributed by atoms with Gasteiger partial charge in [0, 0.05) is 5.56 Å². The van der Waals surface area contributed by atoms with Gasteiger partial charge >= 0.3 is 6.01 Å². The molecule has 1 amide bonds. The summed E-state index contributed by atoms with van der Waals surface area (Å²) in [5, 5.41) is 10.5. The van der Waals surface area contributed by atoms with Gasteiger partial charge in [-0.1, -0.05) is 59.7 Å². The predicted octanol–water partition coefficient (Wildman–Crippen LogP) is 4.50. The number of carbonyl (C=O) groups is 1. The minimum atomic E-state index is -0.539. The quantitative estimate of drug-likeness (QED) is 0.544. The molecule has 0 aliphatic carbocycles. The van der Waals surface area contributed by atoms with Gasteiger partial charge in [-0.05, 0) is 35.4 Å². The van der Waals surface area contributed by atoms with Crippen LogP contribution in [0.5, 0.6) is 11.5 Å². The lowest BCUT2D eigenvalue weighted by molar-refractivity contribution is 0.0716. The molecule has 148 valence electrons. The van der Waals surface area contributed by atoms with Gasteiger partial charge in [0.1, 0.15) is 6.61 Å². The Bertz CT molecular complexity index is 1170. The number of aromatic nitrogens is 2. The Hall–Kier alpha value is -4.13. The molecule has 0 bridgehead atoms. The van der Waals surface area contributed by atoms with Crippen molar-refractivity contribution < 1.29 is 18.7 Å². The largest absolute Gasteiger partial charge is 0.485 e. The highest BCUT2D eigenvalue weighted by Gasteiger charge is 2.27. The van der Waals surface area contributed by atoms with Crippen LogP contribution in [0.2, 0.25) is 0 Å². The molecule has 1 aliphatic heterocycles. The second-order valence-electron chi connectivity index (χ2n) is 6.71. The predicted molar refractivity (Wildman–Crippen MR) is 109 cm³/mol. The Morgan fingerprint density at radius 1 is 0.833 bits per heavy atom. The van der Waals surface area contributed by atoms with E-state index in [0.717, 1.165) is 11.1 Å². The number of para-hydroxylation sites is 2. The summed E-state index contributed by atoms with van der Waals surface area (Å²) in [6.07, 6.45) is -0.539. The van der Waals surface area contributed by atoms with Crippen molar-refractivity contribution in [1.82, 2.24) is 10.2 Å². The zero-order valence-corrected chi connectivity index (χ0v) is 15.8. The third-order valence-electron chi connectivity index (χ3n) is 4.70. The third-order valence-corrected chi connectivity index (χ3v) is 4.70. The van der Waals surface area contributed by atoms with E-state index in [4.69, 9.17) is 13.9 Å². The molecule has 0 spiro atoms. The highest BCUT2D eigenvalue weighted by molar-refractivity contribution is 6.03. The van der Waals surface area contributed by atoms with Gasteiger partial charge in [0.25, 0.3) is 11.8 Å². The maximum atomic E-state index is 12.5. The first kappa shape index (κ1) is 17.9. The van der Waals surface area contributed by atoms with Gasteiger partial charge in [-0.25, -0.2) is 0 Å². The Labute approximate surface area is 172 Å². The van der Waals surface area contributed by atoms with E-state index in [1.165, 1.54) is 0 Å². The molecule has 1 unspecified atom stereocenters. The second-order valence-corrected chi connectivity index (χ2v) is 6.71. The third kappa shape index (κ3) is 3.60. The molecule has 0 saturated carbocycles. The van der Waals surface area contributed by atoms with Crippen molar-refractivity contribution in [2.24, 2.45) is 0 Å². The van der Waals surface area contributed by atoms with Crippen LogP contribution in [0.25, 0.3) is 11.1 Å². The van der Waals surface area contributed by atoms with Gasteiger partial charge in [-0.2, -0.15) is 0 Å². The van der Waals surface area contributed by atoms with Gasteiger partial charge in [0.2, 0.25) is 6.10 Å². The monoisotopic (exact) mass is 399 g/mol. The lowest BCUT2D eigenvalue weighted by atomic mass is 10.0. The summed E-state index contributed by atoms with van der Waals surface area (Å²) in [6.45, 7) is 0.244. The van der Waals surface area contributed by atoms with E-state index < -0.39 is 6.10 Å². The van der Waals surface area contributed by atoms with Crippen LogP contribution in [0.15, 0.2) is 83.3 Å². The first-order valence-electron chi connectivity index (χ1n) is 9.45. The average Bonchev–Trinajstić information content (AvgIpc) is 3.28. The highest BCUT2D eigenvalue weighted by atomic mass is 16.6. The van der Waals surface area contributed by atoms with Crippen molar-refractivity contribution in [3.8, 4) is 22.6 Å². The minimum absolute atomic E-state index is 0.00425. The summed E-state index contributed by atoms with van der Waals surface area (Å²) in [7, 11) is 0. The molecule has 3 aromatic carbocycles. The molecule has 4 aromatic rings. The molecule has 2 heterocycles. The van der Waals surface area contributed by atoms with Gasteiger partial charge in [0.05, 0.1) is 0 Å². The molecule has 0 radical (unpaired) electrons. The van der Waals surface area contributed by atoms with E-state index in [2.05, 4.69) is 15.5 Å². The van der Waals surface area contributed by atoms with Crippen molar-refractivity contribution in [1.29, 1.82) is 0 Å². The molecular weight excluding hydrogens is 382 g/mol. The lowest BCUT2D eigenvalue weighted by Crippen LogP contribution is -2.21. The molecule has 5 rings (SSSR count). The van der Waals surface area contributed by atoms with Crippen LogP contribution in [0.1, 0.15) is 22.4 Å². The number of rotatable bonds is 4. The maximum Gasteiger partial charge on any atom is 0.322 e. The molecule has 30 heavy (non-hydrogen) atoms. The van der Waals surface area contributed by atoms with Crippen LogP contribution in [-0.2, 0) is 0 Å². The number of nitrogens with one attached hydrogen (secondary N) is 1. The number of hydrogen-bond donors (Lipinski definition) is 1. The number of nitrogens with zero attached hydrogens (tertiary/aromatic N) is 2. The van der Waals surface area contributed by atoms with Crippen molar-refractivity contribution >= 4 is 11.9 Å². The summed E-state index contributed by atoms with van der Waals surface area (Å²) in [6, 6.07) is 24.6. The molecular formula is C23H17N3O4. The summed E-state index contributed by atoms with van der Waals surface area (Å²) < 4.78 is 17.1. The topological polar surface area (TPSA) is 86.5 Å². The summed E-state index contributed by atoms with van der Waals surface area (Å²) >= 11 is 0. The van der Waals surface area contributed by atoms with Crippen LogP contribution in [0.4, 0.5) is 6.01 Å². The standard InChI is InChI=1S/C23H17N3O4/c27-21(17-12-10-16(11-13-17)15-6-2-1-3-7-15)24-23-26-25-22(30-23)20-14-28-18-8-4-5-9-19(18)29-20/h1-13,20H,14H2,(H,24,26,27). The Kier molecular flexibility index (Phi) is 4.61. The SMILES string of the molecule is O=C(Nc1nnc(C2COc3ccccc3O2)o1)c1ccc(-c2ccccc2)cc1. The van der Waals surface area contributed by atoms with E-state index in [1.807, 2.05) is 60.7 Å². The number of benzene rings is 3. The number of anilines is 1. The van der Waals surface area contributed by atoms with E-state index in [-0.39, 0.29) is 24.4 Å². The molecule has 7 heteroatoms. The van der Waals surface area contributed by atoms with Crippen LogP contribution in [0, 0.1) is 0 Å². The zero-order valence-electron chi connectivity index (χ0n) is 15.8. The van der Waals surface area contributed by atoms with E-state index >= 15 is 0 Å². The molecule has 0 fully saturated rings. The van der Waals surface area contributed by atoms with Crippen molar-refractivity contribution in [2.75, 3.05) is 11.9 Å². The van der Waals surface area contributed by atoms with Gasteiger partial charge in [-0.3, -0.25) is 10.1 Å². The van der Waals surface area contributed by atoms with Crippen LogP contribution < -0.4 is 14.8 Å². The Morgan fingerprint density at radius 2 is 1.53 bits per heavy atom. The zero-order chi connectivity index (χ0) is 20.3. The van der Waals surface area contributed by atoms with Gasteiger partial charge < -0.3 is 13.9 Å². The molecule has 1 N–H and O–H groups in total. The van der Waals surface area contributed by atoms with Crippen molar-refractivity contribution in [3.63, 3.8) is 0 Å². The fourth-order valence-corrected chi connectivity index (χ4v) is 3.17. The maximum absolute atomic E-state index is 12.5. The van der Waals surface area contributed by atoms with Crippen LogP contribution >= 0.6 is 0 Å². The fourth-order valence-electron chi connectivity index (χ4n) is 3.17. The van der Waals surface area contributed by atoms with Crippen molar-refractivity contribution in [3.05, 3.63) is 90.3 Å². The van der Waals surface area contributed by atoms with Crippen molar-refractivity contribution in [2.45, 2.75) is 6.10 Å². The first-order chi connectivity index (χ1) is 14.8. The molecule has 1 aliphatic rings. The number of hydrogen-bond acceptors (Lipinski definition) is 6. The highest BCUT2D eigenvalue weighted by Crippen LogP contribution is 2.35. The number of carbonyl (C=O) groups excluding carboxylic acids is 1. The smallest absolute Gasteiger partial charge is 0.322 e. The Balaban J connectivity index is 1.26. The molecule has 1 atom stereocenters. The summed E-state index contributed by atoms with van der Waals surface area (Å²) in [5.41, 5.74) is 2.60. The number of ether oxygens (including phenoxy) is 2. The summed E-state index contributed by atoms with van der Waals surface area (Å²) in [4.78, 5) is 12.5. The second kappa shape index (κ2) is 7.71. The molecule has 7 nitrogen and oxygen atoms in total. The lowest BCUT2D eigenvalue weighted by Gasteiger charge is -2.23. The van der Waals surface area contributed by atoms with Crippen LogP contribution in [-0.4, -0.2) is 22.7 Å². The summed E-state index contributed by atoms with van der Waals surface area (Å²) in [5.74, 6) is 1.17. The first-order valence-corrected chi connectivity index (χ1v) is 9.45. The minimum Gasteiger partial charge on any atom is -0.485 e. The normalized spacial score (nSPS) is 14.9. The van der Waals surface area contributed by atoms with Crippen LogP contribution in [0.3, 0.4) is 0 Å². The van der Waals surface area contributed by atoms with E-state index in [9.17, 15) is 4.79 Å². The fraction of sp³-hybridized carbons (Fsp3) is 0.0870. The average molecular weight is 399 g/mol. The Morgan fingerprint density at radius 3 is 2.33 bits per heavy atom. The molecule has 1 aromatic heterocycles. The van der Waals surface area contributed by atoms with E-state index in [1.54, 1.807) is 18.2 Å².